The number of hydrogen-bond donors (Lipinski definition) is 1. The molecular formula is C13H8FN3O2. The van der Waals surface area contributed by atoms with Crippen LogP contribution in [0.5, 0.6) is 0 Å². The van der Waals surface area contributed by atoms with E-state index in [1.807, 2.05) is 0 Å². The molecule has 3 rings (SSSR count). The number of H-pyrrole nitrogens is 1. The summed E-state index contributed by atoms with van der Waals surface area (Å²) in [5, 5.41) is 3.77. The van der Waals surface area contributed by atoms with Gasteiger partial charge in [0.05, 0.1) is 0 Å². The fourth-order valence-corrected chi connectivity index (χ4v) is 1.64. The topological polar surface area (TPSA) is 71.8 Å². The van der Waals surface area contributed by atoms with E-state index in [9.17, 15) is 9.18 Å². The van der Waals surface area contributed by atoms with E-state index < -0.39 is 0 Å². The quantitative estimate of drug-likeness (QED) is 0.764. The Balaban J connectivity index is 2.02. The number of nitrogens with one attached hydrogen (secondary N) is 1. The van der Waals surface area contributed by atoms with Gasteiger partial charge < -0.3 is 9.51 Å². The zero-order valence-corrected chi connectivity index (χ0v) is 9.63. The van der Waals surface area contributed by atoms with Gasteiger partial charge in [-0.3, -0.25) is 4.79 Å². The van der Waals surface area contributed by atoms with Crippen LogP contribution in [0.2, 0.25) is 0 Å². The molecule has 19 heavy (non-hydrogen) atoms. The van der Waals surface area contributed by atoms with Gasteiger partial charge in [0.1, 0.15) is 11.4 Å². The van der Waals surface area contributed by atoms with Crippen molar-refractivity contribution in [2.75, 3.05) is 0 Å². The highest BCUT2D eigenvalue weighted by atomic mass is 19.1. The molecule has 0 unspecified atom stereocenters. The predicted octanol–water partition coefficient (Wildman–Crippen LogP) is 2.23. The second kappa shape index (κ2) is 4.49. The molecule has 0 radical (unpaired) electrons. The van der Waals surface area contributed by atoms with Crippen LogP contribution < -0.4 is 5.56 Å². The molecule has 0 bridgehead atoms. The van der Waals surface area contributed by atoms with Crippen LogP contribution in [0.15, 0.2) is 51.9 Å². The highest BCUT2D eigenvalue weighted by molar-refractivity contribution is 5.58. The van der Waals surface area contributed by atoms with Crippen molar-refractivity contribution in [1.82, 2.24) is 15.1 Å². The Kier molecular flexibility index (Phi) is 2.68. The summed E-state index contributed by atoms with van der Waals surface area (Å²) in [5.41, 5.74) is 0.601. The van der Waals surface area contributed by atoms with Gasteiger partial charge in [-0.15, -0.1) is 0 Å². The Labute approximate surface area is 106 Å². The zero-order valence-electron chi connectivity index (χ0n) is 9.63. The Morgan fingerprint density at radius 3 is 2.68 bits per heavy atom. The van der Waals surface area contributed by atoms with Crippen LogP contribution >= 0.6 is 0 Å². The van der Waals surface area contributed by atoms with E-state index in [0.29, 0.717) is 17.0 Å². The molecule has 2 aromatic heterocycles. The molecule has 5 nitrogen and oxygen atoms in total. The normalized spacial score (nSPS) is 10.6. The summed E-state index contributed by atoms with van der Waals surface area (Å²) in [7, 11) is 0. The van der Waals surface area contributed by atoms with Crippen LogP contribution in [0, 0.1) is 5.82 Å². The minimum Gasteiger partial charge on any atom is -0.333 e. The van der Waals surface area contributed by atoms with Crippen molar-refractivity contribution in [2.24, 2.45) is 0 Å². The van der Waals surface area contributed by atoms with Gasteiger partial charge in [-0.2, -0.15) is 4.98 Å². The van der Waals surface area contributed by atoms with Crippen molar-refractivity contribution in [3.63, 3.8) is 0 Å². The minimum absolute atomic E-state index is 0.126. The van der Waals surface area contributed by atoms with Crippen LogP contribution in [0.3, 0.4) is 0 Å². The average molecular weight is 257 g/mol. The lowest BCUT2D eigenvalue weighted by molar-refractivity contribution is 0.432. The first-order valence-corrected chi connectivity index (χ1v) is 5.52. The van der Waals surface area contributed by atoms with Crippen LogP contribution in [0.4, 0.5) is 4.39 Å². The summed E-state index contributed by atoms with van der Waals surface area (Å²) in [5.74, 6) is 0.0893. The van der Waals surface area contributed by atoms with Crippen LogP contribution in [-0.4, -0.2) is 15.1 Å². The molecule has 1 N–H and O–H groups in total. The van der Waals surface area contributed by atoms with Crippen LogP contribution in [-0.2, 0) is 0 Å². The fourth-order valence-electron chi connectivity index (χ4n) is 1.64. The summed E-state index contributed by atoms with van der Waals surface area (Å²) in [4.78, 5) is 18.2. The molecule has 0 fully saturated rings. The Hall–Kier alpha value is -2.76. The maximum Gasteiger partial charge on any atom is 0.263 e. The predicted molar refractivity (Wildman–Crippen MR) is 65.7 cm³/mol. The second-order valence-electron chi connectivity index (χ2n) is 3.84. The number of nitrogens with zero attached hydrogens (tertiary/aromatic N) is 2. The summed E-state index contributed by atoms with van der Waals surface area (Å²) in [6, 6.07) is 8.94. The third-order valence-corrected chi connectivity index (χ3v) is 2.58. The largest absolute Gasteiger partial charge is 0.333 e. The summed E-state index contributed by atoms with van der Waals surface area (Å²) < 4.78 is 17.9. The van der Waals surface area contributed by atoms with Gasteiger partial charge in [0.25, 0.3) is 11.4 Å². The first kappa shape index (κ1) is 11.3. The Morgan fingerprint density at radius 1 is 1.16 bits per heavy atom. The van der Waals surface area contributed by atoms with E-state index in [-0.39, 0.29) is 17.3 Å². The smallest absolute Gasteiger partial charge is 0.263 e. The number of hydrogen-bond acceptors (Lipinski definition) is 4. The average Bonchev–Trinajstić information content (AvgIpc) is 2.89. The monoisotopic (exact) mass is 257 g/mol. The number of halogens is 1. The maximum atomic E-state index is 12.8. The third-order valence-electron chi connectivity index (χ3n) is 2.58. The van der Waals surface area contributed by atoms with Crippen molar-refractivity contribution in [2.45, 2.75) is 0 Å². The van der Waals surface area contributed by atoms with Gasteiger partial charge in [-0.05, 0) is 36.4 Å². The van der Waals surface area contributed by atoms with E-state index in [0.717, 1.165) is 0 Å². The van der Waals surface area contributed by atoms with Crippen molar-refractivity contribution in [1.29, 1.82) is 0 Å². The van der Waals surface area contributed by atoms with Crippen LogP contribution in [0.25, 0.3) is 22.8 Å². The number of rotatable bonds is 2. The highest BCUT2D eigenvalue weighted by Crippen LogP contribution is 2.19. The molecule has 6 heteroatoms. The molecule has 0 saturated heterocycles. The Morgan fingerprint density at radius 2 is 1.95 bits per heavy atom. The molecule has 0 atom stereocenters. The fraction of sp³-hybridized carbons (Fsp3) is 0. The lowest BCUT2D eigenvalue weighted by Gasteiger charge is -1.92. The lowest BCUT2D eigenvalue weighted by atomic mass is 10.2. The molecule has 0 aliphatic carbocycles. The van der Waals surface area contributed by atoms with Crippen molar-refractivity contribution in [3.8, 4) is 22.8 Å². The molecule has 3 aromatic rings. The first-order valence-electron chi connectivity index (χ1n) is 5.52. The molecule has 1 aromatic carbocycles. The van der Waals surface area contributed by atoms with E-state index in [2.05, 4.69) is 15.1 Å². The standard InChI is InChI=1S/C13H8FN3O2/c14-9-5-3-8(4-6-9)11-16-13(19-17-11)10-2-1-7-15-12(10)18/h1-7H,(H,15,18). The molecule has 0 aliphatic rings. The van der Waals surface area contributed by atoms with Gasteiger partial charge in [-0.1, -0.05) is 5.16 Å². The van der Waals surface area contributed by atoms with E-state index in [4.69, 9.17) is 4.52 Å². The number of pyridine rings is 1. The second-order valence-corrected chi connectivity index (χ2v) is 3.84. The van der Waals surface area contributed by atoms with Gasteiger partial charge >= 0.3 is 0 Å². The molecule has 94 valence electrons. The molecule has 0 aliphatic heterocycles. The molecule has 0 amide bonds. The highest BCUT2D eigenvalue weighted by Gasteiger charge is 2.12. The lowest BCUT2D eigenvalue weighted by Crippen LogP contribution is -2.06. The molecule has 2 heterocycles. The summed E-state index contributed by atoms with van der Waals surface area (Å²) in [6.07, 6.45) is 1.52. The number of aromatic amines is 1. The van der Waals surface area contributed by atoms with Gasteiger partial charge in [-0.25, -0.2) is 4.39 Å². The van der Waals surface area contributed by atoms with Crippen molar-refractivity contribution >= 4 is 0 Å². The maximum absolute atomic E-state index is 12.8. The molecule has 0 saturated carbocycles. The Bertz CT molecular complexity index is 762. The number of benzene rings is 1. The van der Waals surface area contributed by atoms with E-state index in [1.165, 1.54) is 18.3 Å². The van der Waals surface area contributed by atoms with Crippen molar-refractivity contribution < 1.29 is 8.91 Å². The molecule has 0 spiro atoms. The van der Waals surface area contributed by atoms with E-state index in [1.54, 1.807) is 24.3 Å². The zero-order chi connectivity index (χ0) is 13.2. The van der Waals surface area contributed by atoms with Gasteiger partial charge in [0, 0.05) is 11.8 Å². The third kappa shape index (κ3) is 2.15. The minimum atomic E-state index is -0.341. The summed E-state index contributed by atoms with van der Waals surface area (Å²) in [6.45, 7) is 0. The number of aromatic nitrogens is 3. The summed E-state index contributed by atoms with van der Waals surface area (Å²) >= 11 is 0. The molecular weight excluding hydrogens is 249 g/mol. The SMILES string of the molecule is O=c1[nH]cccc1-c1nc(-c2ccc(F)cc2)no1. The first-order chi connectivity index (χ1) is 9.24. The van der Waals surface area contributed by atoms with E-state index >= 15 is 0 Å². The van der Waals surface area contributed by atoms with Gasteiger partial charge in [0.2, 0.25) is 5.82 Å². The van der Waals surface area contributed by atoms with Gasteiger partial charge in [0.15, 0.2) is 0 Å². The van der Waals surface area contributed by atoms with Crippen LogP contribution in [0.1, 0.15) is 0 Å². The van der Waals surface area contributed by atoms with Crippen molar-refractivity contribution in [3.05, 3.63) is 58.8 Å².